The van der Waals surface area contributed by atoms with Gasteiger partial charge in [-0.2, -0.15) is 4.31 Å². The molecule has 184 valence electrons. The standard InChI is InChI=1S/C23H28N2O8S/c1-29-20-11-15(12-21(30-2)22(20)31-3)14-24-23(26)17-5-4-8-25(17)34(27,28)16-6-7-18-19(13-16)33-10-9-32-18/h6-7,11-13,17H,4-5,8-10,14H2,1-3H3,(H,24,26). The zero-order valence-electron chi connectivity index (χ0n) is 19.3. The van der Waals surface area contributed by atoms with E-state index in [0.29, 0.717) is 54.8 Å². The lowest BCUT2D eigenvalue weighted by atomic mass is 10.1. The van der Waals surface area contributed by atoms with Crippen LogP contribution in [0.2, 0.25) is 0 Å². The van der Waals surface area contributed by atoms with Crippen LogP contribution in [0.25, 0.3) is 0 Å². The van der Waals surface area contributed by atoms with Gasteiger partial charge in [0.15, 0.2) is 23.0 Å². The minimum Gasteiger partial charge on any atom is -0.493 e. The van der Waals surface area contributed by atoms with Gasteiger partial charge in [0.2, 0.25) is 21.7 Å². The molecule has 4 rings (SSSR count). The van der Waals surface area contributed by atoms with Crippen molar-refractivity contribution in [2.75, 3.05) is 41.1 Å². The number of hydrogen-bond donors (Lipinski definition) is 1. The van der Waals surface area contributed by atoms with Crippen molar-refractivity contribution in [3.05, 3.63) is 35.9 Å². The summed E-state index contributed by atoms with van der Waals surface area (Å²) in [4.78, 5) is 13.1. The molecule has 0 bridgehead atoms. The molecule has 1 atom stereocenters. The summed E-state index contributed by atoms with van der Waals surface area (Å²) in [5.41, 5.74) is 0.724. The molecule has 2 aliphatic heterocycles. The number of nitrogens with zero attached hydrogens (tertiary/aromatic N) is 1. The van der Waals surface area contributed by atoms with Crippen LogP contribution in [-0.2, 0) is 21.4 Å². The van der Waals surface area contributed by atoms with Gasteiger partial charge >= 0.3 is 0 Å². The second-order valence-corrected chi connectivity index (χ2v) is 9.72. The van der Waals surface area contributed by atoms with Crippen LogP contribution in [0.1, 0.15) is 18.4 Å². The predicted octanol–water partition coefficient (Wildman–Crippen LogP) is 1.95. The lowest BCUT2D eigenvalue weighted by molar-refractivity contribution is -0.124. The first-order valence-electron chi connectivity index (χ1n) is 10.9. The van der Waals surface area contributed by atoms with Crippen molar-refractivity contribution in [1.29, 1.82) is 0 Å². The second-order valence-electron chi connectivity index (χ2n) is 7.83. The van der Waals surface area contributed by atoms with Gasteiger partial charge in [-0.15, -0.1) is 0 Å². The van der Waals surface area contributed by atoms with Crippen LogP contribution >= 0.6 is 0 Å². The van der Waals surface area contributed by atoms with E-state index in [1.807, 2.05) is 0 Å². The van der Waals surface area contributed by atoms with Gasteiger partial charge in [0.1, 0.15) is 19.3 Å². The number of carbonyl (C=O) groups is 1. The highest BCUT2D eigenvalue weighted by molar-refractivity contribution is 7.89. The van der Waals surface area contributed by atoms with E-state index >= 15 is 0 Å². The van der Waals surface area contributed by atoms with Crippen molar-refractivity contribution in [2.24, 2.45) is 0 Å². The molecule has 1 saturated heterocycles. The number of sulfonamides is 1. The zero-order chi connectivity index (χ0) is 24.3. The minimum absolute atomic E-state index is 0.0704. The summed E-state index contributed by atoms with van der Waals surface area (Å²) in [7, 11) is 0.639. The van der Waals surface area contributed by atoms with E-state index in [2.05, 4.69) is 5.32 Å². The monoisotopic (exact) mass is 492 g/mol. The molecule has 2 heterocycles. The lowest BCUT2D eigenvalue weighted by Gasteiger charge is -2.25. The van der Waals surface area contributed by atoms with Crippen LogP contribution < -0.4 is 29.0 Å². The minimum atomic E-state index is -3.90. The largest absolute Gasteiger partial charge is 0.493 e. The molecule has 0 aliphatic carbocycles. The third-order valence-corrected chi connectivity index (χ3v) is 7.72. The summed E-state index contributed by atoms with van der Waals surface area (Å²) in [5, 5.41) is 2.84. The topological polar surface area (TPSA) is 113 Å². The number of fused-ring (bicyclic) bond motifs is 1. The number of carbonyl (C=O) groups excluding carboxylic acids is 1. The summed E-state index contributed by atoms with van der Waals surface area (Å²) in [6.07, 6.45) is 1.02. The van der Waals surface area contributed by atoms with Gasteiger partial charge in [-0.05, 0) is 42.7 Å². The SMILES string of the molecule is COc1cc(CNC(=O)C2CCCN2S(=O)(=O)c2ccc3c(c2)OCCO3)cc(OC)c1OC. The van der Waals surface area contributed by atoms with Crippen LogP contribution in [0.5, 0.6) is 28.7 Å². The fourth-order valence-electron chi connectivity index (χ4n) is 4.15. The van der Waals surface area contributed by atoms with E-state index in [1.54, 1.807) is 18.2 Å². The molecule has 0 spiro atoms. The van der Waals surface area contributed by atoms with Gasteiger partial charge in [0.05, 0.1) is 26.2 Å². The predicted molar refractivity (Wildman–Crippen MR) is 122 cm³/mol. The van der Waals surface area contributed by atoms with Crippen LogP contribution in [0, 0.1) is 0 Å². The van der Waals surface area contributed by atoms with E-state index in [0.717, 1.165) is 5.56 Å². The van der Waals surface area contributed by atoms with E-state index in [1.165, 1.54) is 37.8 Å². The highest BCUT2D eigenvalue weighted by Crippen LogP contribution is 2.38. The van der Waals surface area contributed by atoms with Crippen LogP contribution in [0.3, 0.4) is 0 Å². The Kier molecular flexibility index (Phi) is 7.03. The van der Waals surface area contributed by atoms with E-state index in [-0.39, 0.29) is 23.9 Å². The first-order valence-corrected chi connectivity index (χ1v) is 12.3. The molecule has 11 heteroatoms. The molecule has 2 aliphatic rings. The third kappa shape index (κ3) is 4.58. The Balaban J connectivity index is 1.50. The van der Waals surface area contributed by atoms with Crippen LogP contribution in [-0.4, -0.2) is 65.8 Å². The Labute approximate surface area is 198 Å². The first-order chi connectivity index (χ1) is 16.4. The van der Waals surface area contributed by atoms with E-state index in [4.69, 9.17) is 23.7 Å². The number of methoxy groups -OCH3 is 3. The Morgan fingerprint density at radius 1 is 1.03 bits per heavy atom. The van der Waals surface area contributed by atoms with Crippen molar-refractivity contribution in [1.82, 2.24) is 9.62 Å². The molecule has 10 nitrogen and oxygen atoms in total. The van der Waals surface area contributed by atoms with Gasteiger partial charge < -0.3 is 29.0 Å². The fraction of sp³-hybridized carbons (Fsp3) is 0.435. The highest BCUT2D eigenvalue weighted by Gasteiger charge is 2.39. The quantitative estimate of drug-likeness (QED) is 0.595. The maximum atomic E-state index is 13.3. The molecule has 2 aromatic carbocycles. The number of amides is 1. The molecular weight excluding hydrogens is 464 g/mol. The van der Waals surface area contributed by atoms with Crippen molar-refractivity contribution in [2.45, 2.75) is 30.3 Å². The Bertz CT molecular complexity index is 1140. The number of benzene rings is 2. The summed E-state index contributed by atoms with van der Waals surface area (Å²) in [6, 6.07) is 7.18. The Hall–Kier alpha value is -3.18. The molecule has 1 N–H and O–H groups in total. The zero-order valence-corrected chi connectivity index (χ0v) is 20.1. The molecule has 1 unspecified atom stereocenters. The number of hydrogen-bond acceptors (Lipinski definition) is 8. The molecule has 2 aromatic rings. The first kappa shape index (κ1) is 24.0. The lowest BCUT2D eigenvalue weighted by Crippen LogP contribution is -2.45. The van der Waals surface area contributed by atoms with Crippen molar-refractivity contribution < 1.29 is 36.9 Å². The molecule has 34 heavy (non-hydrogen) atoms. The molecule has 0 saturated carbocycles. The number of ether oxygens (including phenoxy) is 5. The van der Waals surface area contributed by atoms with Gasteiger partial charge in [0, 0.05) is 19.2 Å². The average molecular weight is 493 g/mol. The fourth-order valence-corrected chi connectivity index (χ4v) is 5.83. The molecule has 0 aromatic heterocycles. The average Bonchev–Trinajstić information content (AvgIpc) is 3.37. The van der Waals surface area contributed by atoms with E-state index < -0.39 is 16.1 Å². The van der Waals surface area contributed by atoms with Crippen molar-refractivity contribution >= 4 is 15.9 Å². The van der Waals surface area contributed by atoms with Gasteiger partial charge in [0.25, 0.3) is 0 Å². The third-order valence-electron chi connectivity index (χ3n) is 5.82. The summed E-state index contributed by atoms with van der Waals surface area (Å²) >= 11 is 0. The molecular formula is C23H28N2O8S. The molecule has 1 fully saturated rings. The maximum Gasteiger partial charge on any atom is 0.243 e. The Morgan fingerprint density at radius 3 is 2.35 bits per heavy atom. The summed E-state index contributed by atoms with van der Waals surface area (Å²) in [5.74, 6) is 1.91. The summed E-state index contributed by atoms with van der Waals surface area (Å²) < 4.78 is 55.0. The van der Waals surface area contributed by atoms with Crippen LogP contribution in [0.15, 0.2) is 35.2 Å². The van der Waals surface area contributed by atoms with Gasteiger partial charge in [-0.3, -0.25) is 4.79 Å². The molecule has 1 amide bonds. The number of rotatable bonds is 8. The second kappa shape index (κ2) is 9.98. The van der Waals surface area contributed by atoms with Crippen molar-refractivity contribution in [3.63, 3.8) is 0 Å². The molecule has 0 radical (unpaired) electrons. The number of nitrogens with one attached hydrogen (secondary N) is 1. The van der Waals surface area contributed by atoms with E-state index in [9.17, 15) is 13.2 Å². The van der Waals surface area contributed by atoms with Gasteiger partial charge in [-0.1, -0.05) is 0 Å². The highest BCUT2D eigenvalue weighted by atomic mass is 32.2. The normalized spacial score (nSPS) is 17.8. The van der Waals surface area contributed by atoms with Crippen LogP contribution in [0.4, 0.5) is 0 Å². The Morgan fingerprint density at radius 2 is 1.71 bits per heavy atom. The smallest absolute Gasteiger partial charge is 0.243 e. The van der Waals surface area contributed by atoms with Gasteiger partial charge in [-0.25, -0.2) is 8.42 Å². The maximum absolute atomic E-state index is 13.3. The summed E-state index contributed by atoms with van der Waals surface area (Å²) in [6.45, 7) is 1.20. The van der Waals surface area contributed by atoms with Crippen molar-refractivity contribution in [3.8, 4) is 28.7 Å².